The molecule has 1 heterocycles. The highest BCUT2D eigenvalue weighted by Gasteiger charge is 2.27. The maximum Gasteiger partial charge on any atom is 0.243 e. The summed E-state index contributed by atoms with van der Waals surface area (Å²) in [5.41, 5.74) is 0.980. The zero-order chi connectivity index (χ0) is 22.4. The molecule has 9 heteroatoms. The van der Waals surface area contributed by atoms with Crippen molar-refractivity contribution in [1.82, 2.24) is 9.21 Å². The molecule has 2 aromatic rings. The van der Waals surface area contributed by atoms with Crippen LogP contribution in [-0.4, -0.2) is 68.2 Å². The van der Waals surface area contributed by atoms with E-state index in [-0.39, 0.29) is 17.6 Å². The summed E-state index contributed by atoms with van der Waals surface area (Å²) < 4.78 is 46.0. The highest BCUT2D eigenvalue weighted by Crippen LogP contribution is 2.20. The van der Waals surface area contributed by atoms with E-state index in [1.54, 1.807) is 12.1 Å². The number of rotatable bonds is 8. The quantitative estimate of drug-likeness (QED) is 0.641. The average Bonchev–Trinajstić information content (AvgIpc) is 2.99. The van der Waals surface area contributed by atoms with Crippen LogP contribution >= 0.6 is 11.6 Å². The number of ether oxygens (including phenoxy) is 1. The van der Waals surface area contributed by atoms with Crippen LogP contribution in [0.1, 0.15) is 25.0 Å². The minimum Gasteiger partial charge on any atom is -0.389 e. The Morgan fingerprint density at radius 2 is 1.74 bits per heavy atom. The van der Waals surface area contributed by atoms with Gasteiger partial charge in [0.15, 0.2) is 0 Å². The number of aliphatic hydroxyl groups excluding tert-OH is 1. The summed E-state index contributed by atoms with van der Waals surface area (Å²) >= 11 is 5.90. The van der Waals surface area contributed by atoms with Gasteiger partial charge >= 0.3 is 0 Å². The van der Waals surface area contributed by atoms with E-state index in [4.69, 9.17) is 16.3 Å². The second kappa shape index (κ2) is 10.8. The van der Waals surface area contributed by atoms with Crippen molar-refractivity contribution in [2.24, 2.45) is 0 Å². The van der Waals surface area contributed by atoms with Crippen LogP contribution < -0.4 is 0 Å². The average molecular weight is 471 g/mol. The van der Waals surface area contributed by atoms with Crippen molar-refractivity contribution in [3.63, 3.8) is 0 Å². The summed E-state index contributed by atoms with van der Waals surface area (Å²) in [6.07, 6.45) is -0.211. The normalized spacial score (nSPS) is 18.5. The van der Waals surface area contributed by atoms with Gasteiger partial charge in [-0.2, -0.15) is 4.31 Å². The van der Waals surface area contributed by atoms with Gasteiger partial charge in [0.1, 0.15) is 5.82 Å². The minimum atomic E-state index is -3.67. The molecule has 2 aromatic carbocycles. The van der Waals surface area contributed by atoms with Gasteiger partial charge in [0.05, 0.1) is 23.7 Å². The van der Waals surface area contributed by atoms with Crippen LogP contribution in [0.2, 0.25) is 5.02 Å². The van der Waals surface area contributed by atoms with Crippen molar-refractivity contribution in [2.45, 2.75) is 30.4 Å². The predicted molar refractivity (Wildman–Crippen MR) is 118 cm³/mol. The van der Waals surface area contributed by atoms with Gasteiger partial charge in [0, 0.05) is 31.2 Å². The number of benzene rings is 2. The zero-order valence-electron chi connectivity index (χ0n) is 17.5. The third kappa shape index (κ3) is 6.71. The molecule has 1 aliphatic heterocycles. The van der Waals surface area contributed by atoms with Crippen molar-refractivity contribution in [3.8, 4) is 0 Å². The molecule has 0 amide bonds. The molecule has 2 atom stereocenters. The maximum atomic E-state index is 13.1. The van der Waals surface area contributed by atoms with Gasteiger partial charge in [-0.25, -0.2) is 12.8 Å². The molecule has 6 nitrogen and oxygen atoms in total. The topological polar surface area (TPSA) is 70.1 Å². The molecule has 1 N–H and O–H groups in total. The fraction of sp³-hybridized carbons (Fsp3) is 0.455. The number of β-amino-alcohol motifs (C(OH)–C–C–N with tert-alkyl or cyclic N) is 1. The van der Waals surface area contributed by atoms with Crippen LogP contribution in [0.3, 0.4) is 0 Å². The number of hydrogen-bond donors (Lipinski definition) is 1. The molecular weight excluding hydrogens is 443 g/mol. The highest BCUT2D eigenvalue weighted by atomic mass is 35.5. The Bertz CT molecular complexity index is 941. The first kappa shape index (κ1) is 24.1. The number of nitrogens with zero attached hydrogens (tertiary/aromatic N) is 2. The second-order valence-electron chi connectivity index (χ2n) is 7.69. The molecule has 0 saturated carbocycles. The molecule has 0 unspecified atom stereocenters. The zero-order valence-corrected chi connectivity index (χ0v) is 19.0. The molecular formula is C22H28ClFN2O4S. The van der Waals surface area contributed by atoms with Crippen molar-refractivity contribution in [1.29, 1.82) is 0 Å². The summed E-state index contributed by atoms with van der Waals surface area (Å²) in [5.74, 6) is -0.470. The van der Waals surface area contributed by atoms with Crippen LogP contribution in [0.25, 0.3) is 0 Å². The molecule has 1 saturated heterocycles. The maximum absolute atomic E-state index is 13.1. The fourth-order valence-electron chi connectivity index (χ4n) is 3.56. The third-order valence-corrected chi connectivity index (χ3v) is 7.51. The van der Waals surface area contributed by atoms with Crippen molar-refractivity contribution >= 4 is 21.6 Å². The van der Waals surface area contributed by atoms with Gasteiger partial charge in [0.25, 0.3) is 0 Å². The van der Waals surface area contributed by atoms with E-state index < -0.39 is 21.9 Å². The van der Waals surface area contributed by atoms with E-state index in [0.717, 1.165) is 17.7 Å². The lowest BCUT2D eigenvalue weighted by Gasteiger charge is -2.24. The number of sulfonamides is 1. The molecule has 0 aliphatic carbocycles. The molecule has 0 bridgehead atoms. The van der Waals surface area contributed by atoms with Crippen LogP contribution in [0.5, 0.6) is 0 Å². The molecule has 3 rings (SSSR count). The molecule has 0 radical (unpaired) electrons. The van der Waals surface area contributed by atoms with Gasteiger partial charge in [-0.05, 0) is 61.9 Å². The molecule has 1 fully saturated rings. The lowest BCUT2D eigenvalue weighted by molar-refractivity contribution is -0.0151. The first-order valence-electron chi connectivity index (χ1n) is 10.3. The third-order valence-electron chi connectivity index (χ3n) is 5.35. The summed E-state index contributed by atoms with van der Waals surface area (Å²) in [6, 6.07) is 12.3. The standard InChI is InChI=1S/C22H28ClFN2O4S/c1-17(18-3-5-19(23)6-4-18)30-16-21(27)15-25-11-2-12-26(14-13-25)31(28,29)22-9-7-20(24)8-10-22/h3-10,17,21,27H,2,11-16H2,1H3/t17-,21-/m1/s1. The van der Waals surface area contributed by atoms with E-state index in [0.29, 0.717) is 44.2 Å². The fourth-order valence-corrected chi connectivity index (χ4v) is 5.16. The van der Waals surface area contributed by atoms with E-state index in [2.05, 4.69) is 0 Å². The largest absolute Gasteiger partial charge is 0.389 e. The van der Waals surface area contributed by atoms with Crippen LogP contribution in [0, 0.1) is 5.82 Å². The lowest BCUT2D eigenvalue weighted by atomic mass is 10.1. The summed E-state index contributed by atoms with van der Waals surface area (Å²) in [4.78, 5) is 2.13. The van der Waals surface area contributed by atoms with E-state index in [9.17, 15) is 17.9 Å². The Hall–Kier alpha value is -1.55. The Balaban J connectivity index is 1.49. The lowest BCUT2D eigenvalue weighted by Crippen LogP contribution is -2.39. The number of halogens is 2. The van der Waals surface area contributed by atoms with Crippen LogP contribution in [-0.2, 0) is 14.8 Å². The van der Waals surface area contributed by atoms with Gasteiger partial charge < -0.3 is 9.84 Å². The van der Waals surface area contributed by atoms with E-state index >= 15 is 0 Å². The summed E-state index contributed by atoms with van der Waals surface area (Å²) in [5, 5.41) is 11.1. The Labute approximate surface area is 188 Å². The highest BCUT2D eigenvalue weighted by molar-refractivity contribution is 7.89. The first-order chi connectivity index (χ1) is 14.8. The smallest absolute Gasteiger partial charge is 0.243 e. The molecule has 170 valence electrons. The summed E-state index contributed by atoms with van der Waals surface area (Å²) in [7, 11) is -3.67. The number of hydrogen-bond acceptors (Lipinski definition) is 5. The molecule has 1 aliphatic rings. The van der Waals surface area contributed by atoms with Gasteiger partial charge in [-0.3, -0.25) is 4.90 Å². The van der Waals surface area contributed by atoms with Crippen molar-refractivity contribution in [3.05, 3.63) is 64.9 Å². The van der Waals surface area contributed by atoms with E-state index in [1.807, 2.05) is 24.0 Å². The molecule has 31 heavy (non-hydrogen) atoms. The summed E-state index contributed by atoms with van der Waals surface area (Å²) in [6.45, 7) is 4.38. The van der Waals surface area contributed by atoms with E-state index in [1.165, 1.54) is 16.4 Å². The van der Waals surface area contributed by atoms with Crippen molar-refractivity contribution < 1.29 is 22.7 Å². The predicted octanol–water partition coefficient (Wildman–Crippen LogP) is 3.31. The van der Waals surface area contributed by atoms with Gasteiger partial charge in [0.2, 0.25) is 10.0 Å². The SMILES string of the molecule is C[C@@H](OC[C@H](O)CN1CCCN(S(=O)(=O)c2ccc(F)cc2)CC1)c1ccc(Cl)cc1. The monoisotopic (exact) mass is 470 g/mol. The number of aliphatic hydroxyl groups is 1. The first-order valence-corrected chi connectivity index (χ1v) is 12.1. The van der Waals surface area contributed by atoms with Crippen LogP contribution in [0.4, 0.5) is 4.39 Å². The Kier molecular flexibility index (Phi) is 8.43. The van der Waals surface area contributed by atoms with Gasteiger partial charge in [-0.1, -0.05) is 23.7 Å². The molecule has 0 spiro atoms. The van der Waals surface area contributed by atoms with Crippen molar-refractivity contribution in [2.75, 3.05) is 39.3 Å². The Morgan fingerprint density at radius 1 is 1.06 bits per heavy atom. The Morgan fingerprint density at radius 3 is 2.42 bits per heavy atom. The minimum absolute atomic E-state index is 0.0898. The second-order valence-corrected chi connectivity index (χ2v) is 10.1. The van der Waals surface area contributed by atoms with Crippen LogP contribution in [0.15, 0.2) is 53.4 Å². The molecule has 0 aromatic heterocycles. The van der Waals surface area contributed by atoms with Gasteiger partial charge in [-0.15, -0.1) is 0 Å².